The third kappa shape index (κ3) is 9.10. The SMILES string of the molecule is CSCCC(NC(=O)C(C)NC(=O)C(N)CCC(=O)O)C(=O)NC(Cc1c[nH]c2ccccc12)C(=O)O. The molecule has 0 spiro atoms. The number of fused-ring (bicyclic) bond motifs is 1. The number of carboxylic acids is 2. The Balaban J connectivity index is 2.04. The van der Waals surface area contributed by atoms with E-state index in [0.29, 0.717) is 5.75 Å². The molecule has 0 bridgehead atoms. The lowest BCUT2D eigenvalue weighted by atomic mass is 10.0. The maximum atomic E-state index is 13.0. The van der Waals surface area contributed by atoms with Gasteiger partial charge in [-0.3, -0.25) is 19.2 Å². The predicted molar refractivity (Wildman–Crippen MR) is 139 cm³/mol. The topological polar surface area (TPSA) is 204 Å². The molecule has 13 heteroatoms. The molecule has 0 saturated carbocycles. The number of hydrogen-bond acceptors (Lipinski definition) is 7. The second-order valence-electron chi connectivity index (χ2n) is 8.57. The molecule has 12 nitrogen and oxygen atoms in total. The molecule has 1 aromatic heterocycles. The van der Waals surface area contributed by atoms with E-state index >= 15 is 0 Å². The van der Waals surface area contributed by atoms with E-state index in [1.54, 1.807) is 6.20 Å². The minimum absolute atomic E-state index is 0.0367. The van der Waals surface area contributed by atoms with Crippen molar-refractivity contribution in [1.29, 1.82) is 0 Å². The van der Waals surface area contributed by atoms with E-state index in [1.807, 2.05) is 30.5 Å². The van der Waals surface area contributed by atoms with Crippen molar-refractivity contribution in [2.24, 2.45) is 5.73 Å². The fourth-order valence-corrected chi connectivity index (χ4v) is 4.06. The number of nitrogens with two attached hydrogens (primary N) is 1. The van der Waals surface area contributed by atoms with E-state index in [1.165, 1.54) is 18.7 Å². The van der Waals surface area contributed by atoms with Crippen molar-refractivity contribution in [2.45, 2.75) is 56.8 Å². The molecule has 1 aromatic carbocycles. The number of amides is 3. The van der Waals surface area contributed by atoms with Crippen LogP contribution in [0.25, 0.3) is 10.9 Å². The maximum Gasteiger partial charge on any atom is 0.326 e. The zero-order valence-corrected chi connectivity index (χ0v) is 21.5. The van der Waals surface area contributed by atoms with Crippen molar-refractivity contribution in [2.75, 3.05) is 12.0 Å². The van der Waals surface area contributed by atoms with Crippen molar-refractivity contribution < 1.29 is 34.2 Å². The number of carboxylic acid groups (broad SMARTS) is 2. The average Bonchev–Trinajstić information content (AvgIpc) is 3.26. The Hall–Kier alpha value is -3.58. The van der Waals surface area contributed by atoms with Gasteiger partial charge in [-0.1, -0.05) is 18.2 Å². The van der Waals surface area contributed by atoms with E-state index in [2.05, 4.69) is 20.9 Å². The van der Waals surface area contributed by atoms with Crippen LogP contribution in [-0.2, 0) is 30.4 Å². The van der Waals surface area contributed by atoms with Crippen molar-refractivity contribution in [3.8, 4) is 0 Å². The Morgan fingerprint density at radius 3 is 2.30 bits per heavy atom. The van der Waals surface area contributed by atoms with Gasteiger partial charge in [0.2, 0.25) is 17.7 Å². The van der Waals surface area contributed by atoms with Gasteiger partial charge >= 0.3 is 11.9 Å². The summed E-state index contributed by atoms with van der Waals surface area (Å²) in [6.45, 7) is 1.40. The van der Waals surface area contributed by atoms with Crippen molar-refractivity contribution in [3.63, 3.8) is 0 Å². The summed E-state index contributed by atoms with van der Waals surface area (Å²) in [5, 5.41) is 26.8. The van der Waals surface area contributed by atoms with Crippen LogP contribution in [0.1, 0.15) is 31.7 Å². The average molecular weight is 536 g/mol. The molecule has 202 valence electrons. The molecule has 1 heterocycles. The summed E-state index contributed by atoms with van der Waals surface area (Å²) in [4.78, 5) is 63.6. The summed E-state index contributed by atoms with van der Waals surface area (Å²) in [5.74, 6) is -3.82. The molecule has 0 aliphatic carbocycles. The summed E-state index contributed by atoms with van der Waals surface area (Å²) < 4.78 is 0. The molecule has 3 amide bonds. The number of carbonyl (C=O) groups excluding carboxylic acids is 3. The van der Waals surface area contributed by atoms with Crippen molar-refractivity contribution in [3.05, 3.63) is 36.0 Å². The van der Waals surface area contributed by atoms with Crippen LogP contribution in [0.5, 0.6) is 0 Å². The zero-order valence-electron chi connectivity index (χ0n) is 20.7. The Bertz CT molecular complexity index is 1120. The third-order valence-corrected chi connectivity index (χ3v) is 6.36. The molecule has 0 fully saturated rings. The Kier molecular flexibility index (Phi) is 11.4. The van der Waals surface area contributed by atoms with Crippen molar-refractivity contribution >= 4 is 52.3 Å². The Morgan fingerprint density at radius 1 is 0.973 bits per heavy atom. The lowest BCUT2D eigenvalue weighted by molar-refractivity contribution is -0.142. The van der Waals surface area contributed by atoms with Gasteiger partial charge in [0.05, 0.1) is 6.04 Å². The largest absolute Gasteiger partial charge is 0.481 e. The van der Waals surface area contributed by atoms with Crippen LogP contribution in [0.4, 0.5) is 0 Å². The number of aromatic nitrogens is 1. The van der Waals surface area contributed by atoms with Gasteiger partial charge in [0.1, 0.15) is 18.1 Å². The fourth-order valence-electron chi connectivity index (χ4n) is 3.59. The number of thioether (sulfide) groups is 1. The number of aliphatic carboxylic acids is 2. The van der Waals surface area contributed by atoms with E-state index in [9.17, 15) is 29.1 Å². The van der Waals surface area contributed by atoms with Gasteiger partial charge in [0, 0.05) is 29.9 Å². The van der Waals surface area contributed by atoms with Gasteiger partial charge in [-0.2, -0.15) is 11.8 Å². The molecule has 4 atom stereocenters. The van der Waals surface area contributed by atoms with Crippen molar-refractivity contribution in [1.82, 2.24) is 20.9 Å². The van der Waals surface area contributed by atoms with Gasteiger partial charge in [0.15, 0.2) is 0 Å². The van der Waals surface area contributed by atoms with Crippen LogP contribution in [0.3, 0.4) is 0 Å². The zero-order chi connectivity index (χ0) is 27.5. The van der Waals surface area contributed by atoms with Gasteiger partial charge in [-0.15, -0.1) is 0 Å². The van der Waals surface area contributed by atoms with E-state index in [-0.39, 0.29) is 25.7 Å². The summed E-state index contributed by atoms with van der Waals surface area (Å²) in [5.41, 5.74) is 7.24. The van der Waals surface area contributed by atoms with Gasteiger partial charge in [-0.05, 0) is 43.4 Å². The number of aromatic amines is 1. The first-order valence-corrected chi connectivity index (χ1v) is 13.1. The first-order valence-electron chi connectivity index (χ1n) is 11.7. The molecule has 4 unspecified atom stereocenters. The summed E-state index contributed by atoms with van der Waals surface area (Å²) in [6.07, 6.45) is 3.41. The maximum absolute atomic E-state index is 13.0. The molecule has 0 aliphatic rings. The number of H-pyrrole nitrogens is 1. The first kappa shape index (κ1) is 29.6. The van der Waals surface area contributed by atoms with Crippen LogP contribution in [0.15, 0.2) is 30.5 Å². The smallest absolute Gasteiger partial charge is 0.326 e. The highest BCUT2D eigenvalue weighted by atomic mass is 32.2. The van der Waals surface area contributed by atoms with E-state index in [0.717, 1.165) is 16.5 Å². The number of hydrogen-bond donors (Lipinski definition) is 7. The molecule has 2 rings (SSSR count). The number of carbonyl (C=O) groups is 5. The lowest BCUT2D eigenvalue weighted by Crippen LogP contribution is -2.56. The molecule has 37 heavy (non-hydrogen) atoms. The monoisotopic (exact) mass is 535 g/mol. The number of nitrogens with one attached hydrogen (secondary N) is 4. The molecule has 0 saturated heterocycles. The van der Waals surface area contributed by atoms with Gasteiger partial charge < -0.3 is 36.9 Å². The highest BCUT2D eigenvalue weighted by molar-refractivity contribution is 7.98. The standard InChI is InChI=1S/C24H33N5O7S/c1-13(27-22(33)16(25)7-8-20(30)31)21(32)28-18(9-10-37-2)23(34)29-19(24(35)36)11-14-12-26-17-6-4-3-5-15(14)17/h3-6,12-13,16,18-19,26H,7-11,25H2,1-2H3,(H,27,33)(H,28,32)(H,29,34)(H,30,31)(H,35,36). The Morgan fingerprint density at radius 2 is 1.65 bits per heavy atom. The summed E-state index contributed by atoms with van der Waals surface area (Å²) in [7, 11) is 0. The third-order valence-electron chi connectivity index (χ3n) is 5.72. The predicted octanol–water partition coefficient (Wildman–Crippen LogP) is 0.215. The molecule has 0 radical (unpaired) electrons. The van der Waals surface area contributed by atoms with E-state index < -0.39 is 53.8 Å². The number of para-hydroxylation sites is 1. The molecular formula is C24H33N5O7S. The lowest BCUT2D eigenvalue weighted by Gasteiger charge is -2.23. The van der Waals surface area contributed by atoms with Crippen LogP contribution < -0.4 is 21.7 Å². The summed E-state index contributed by atoms with van der Waals surface area (Å²) >= 11 is 1.45. The fraction of sp³-hybridized carbons (Fsp3) is 0.458. The minimum atomic E-state index is -1.23. The van der Waals surface area contributed by atoms with Crippen LogP contribution >= 0.6 is 11.8 Å². The first-order chi connectivity index (χ1) is 17.5. The second-order valence-corrected chi connectivity index (χ2v) is 9.56. The van der Waals surface area contributed by atoms with Gasteiger partial charge in [-0.25, -0.2) is 4.79 Å². The molecule has 2 aromatic rings. The Labute approximate surface area is 218 Å². The molecular weight excluding hydrogens is 502 g/mol. The minimum Gasteiger partial charge on any atom is -0.481 e. The number of benzene rings is 1. The molecule has 8 N–H and O–H groups in total. The van der Waals surface area contributed by atoms with E-state index in [4.69, 9.17) is 10.8 Å². The highest BCUT2D eigenvalue weighted by Crippen LogP contribution is 2.19. The summed E-state index contributed by atoms with van der Waals surface area (Å²) in [6, 6.07) is 2.96. The van der Waals surface area contributed by atoms with Crippen LogP contribution in [0.2, 0.25) is 0 Å². The normalized spacial score (nSPS) is 14.2. The second kappa shape index (κ2) is 14.2. The van der Waals surface area contributed by atoms with Crippen LogP contribution in [-0.4, -0.2) is 81.0 Å². The molecule has 0 aliphatic heterocycles. The van der Waals surface area contributed by atoms with Gasteiger partial charge in [0.25, 0.3) is 0 Å². The highest BCUT2D eigenvalue weighted by Gasteiger charge is 2.29. The van der Waals surface area contributed by atoms with Crippen LogP contribution in [0, 0.1) is 0 Å². The quantitative estimate of drug-likeness (QED) is 0.166. The number of rotatable bonds is 15.